The third-order valence-electron chi connectivity index (χ3n) is 2.86. The van der Waals surface area contributed by atoms with Crippen molar-refractivity contribution in [1.82, 2.24) is 5.32 Å². The molecule has 0 unspecified atom stereocenters. The first-order chi connectivity index (χ1) is 9.15. The van der Waals surface area contributed by atoms with E-state index in [0.29, 0.717) is 18.2 Å². The number of fused-ring (bicyclic) bond motifs is 1. The van der Waals surface area contributed by atoms with Gasteiger partial charge < -0.3 is 9.73 Å². The third-order valence-corrected chi connectivity index (χ3v) is 2.86. The van der Waals surface area contributed by atoms with Gasteiger partial charge in [0.2, 0.25) is 5.91 Å². The van der Waals surface area contributed by atoms with Crippen LogP contribution in [0.1, 0.15) is 26.0 Å². The summed E-state index contributed by atoms with van der Waals surface area (Å²) in [6.45, 7) is 4.98. The Morgan fingerprint density at radius 1 is 1.37 bits per heavy atom. The van der Waals surface area contributed by atoms with Gasteiger partial charge in [-0.2, -0.15) is 0 Å². The summed E-state index contributed by atoms with van der Waals surface area (Å²) in [5.74, 6) is 1.21. The van der Waals surface area contributed by atoms with E-state index in [1.54, 1.807) is 6.08 Å². The number of amides is 1. The van der Waals surface area contributed by atoms with Gasteiger partial charge >= 0.3 is 0 Å². The van der Waals surface area contributed by atoms with Crippen molar-refractivity contribution >= 4 is 23.0 Å². The number of para-hydroxylation sites is 1. The molecule has 0 aliphatic rings. The van der Waals surface area contributed by atoms with Crippen molar-refractivity contribution in [3.63, 3.8) is 0 Å². The summed E-state index contributed by atoms with van der Waals surface area (Å²) in [4.78, 5) is 11.6. The fraction of sp³-hybridized carbons (Fsp3) is 0.312. The molecule has 100 valence electrons. The number of hydrogen-bond donors (Lipinski definition) is 1. The minimum Gasteiger partial charge on any atom is -0.457 e. The topological polar surface area (TPSA) is 42.2 Å². The van der Waals surface area contributed by atoms with Crippen LogP contribution in [-0.2, 0) is 4.79 Å². The summed E-state index contributed by atoms with van der Waals surface area (Å²) in [5, 5.41) is 3.89. The molecular formula is C16H19NO2. The van der Waals surface area contributed by atoms with Crippen molar-refractivity contribution in [3.8, 4) is 0 Å². The van der Waals surface area contributed by atoms with Crippen LogP contribution in [0.5, 0.6) is 0 Å². The summed E-state index contributed by atoms with van der Waals surface area (Å²) in [6.07, 6.45) is 4.20. The Labute approximate surface area is 113 Å². The average molecular weight is 257 g/mol. The predicted octanol–water partition coefficient (Wildman–Crippen LogP) is 3.61. The highest BCUT2D eigenvalue weighted by molar-refractivity contribution is 5.92. The highest BCUT2D eigenvalue weighted by Gasteiger charge is 2.01. The molecule has 1 heterocycles. The Balaban J connectivity index is 1.92. The Kier molecular flexibility index (Phi) is 4.39. The molecule has 0 saturated carbocycles. The lowest BCUT2D eigenvalue weighted by molar-refractivity contribution is -0.116. The molecule has 1 aromatic heterocycles. The fourth-order valence-corrected chi connectivity index (χ4v) is 1.79. The maximum atomic E-state index is 11.6. The van der Waals surface area contributed by atoms with Crippen LogP contribution in [0.3, 0.4) is 0 Å². The van der Waals surface area contributed by atoms with E-state index >= 15 is 0 Å². The molecule has 0 fully saturated rings. The van der Waals surface area contributed by atoms with Crippen LogP contribution in [-0.4, -0.2) is 12.5 Å². The van der Waals surface area contributed by atoms with Gasteiger partial charge in [0, 0.05) is 18.0 Å². The first-order valence-electron chi connectivity index (χ1n) is 6.59. The van der Waals surface area contributed by atoms with E-state index in [-0.39, 0.29) is 5.91 Å². The van der Waals surface area contributed by atoms with Gasteiger partial charge in [-0.05, 0) is 30.5 Å². The van der Waals surface area contributed by atoms with Gasteiger partial charge in [0.25, 0.3) is 0 Å². The van der Waals surface area contributed by atoms with Crippen molar-refractivity contribution < 1.29 is 9.21 Å². The Bertz CT molecular complexity index is 548. The highest BCUT2D eigenvalue weighted by Crippen LogP contribution is 2.19. The van der Waals surface area contributed by atoms with Gasteiger partial charge in [-0.25, -0.2) is 0 Å². The molecule has 0 bridgehead atoms. The van der Waals surface area contributed by atoms with Crippen LogP contribution in [0.25, 0.3) is 17.0 Å². The molecule has 3 nitrogen and oxygen atoms in total. The van der Waals surface area contributed by atoms with Crippen molar-refractivity contribution in [1.29, 1.82) is 0 Å². The molecule has 2 rings (SSSR count). The number of hydrogen-bond acceptors (Lipinski definition) is 2. The van der Waals surface area contributed by atoms with Gasteiger partial charge in [0.05, 0.1) is 0 Å². The number of rotatable bonds is 5. The third kappa shape index (κ3) is 3.98. The molecule has 19 heavy (non-hydrogen) atoms. The lowest BCUT2D eigenvalue weighted by atomic mass is 10.1. The van der Waals surface area contributed by atoms with Crippen LogP contribution >= 0.6 is 0 Å². The molecule has 1 aromatic carbocycles. The zero-order chi connectivity index (χ0) is 13.7. The number of furan rings is 1. The zero-order valence-corrected chi connectivity index (χ0v) is 11.3. The summed E-state index contributed by atoms with van der Waals surface area (Å²) in [5.41, 5.74) is 0.836. The molecule has 0 saturated heterocycles. The normalized spacial score (nSPS) is 11.5. The molecule has 0 radical (unpaired) electrons. The second kappa shape index (κ2) is 6.23. The van der Waals surface area contributed by atoms with Crippen molar-refractivity contribution in [3.05, 3.63) is 42.2 Å². The van der Waals surface area contributed by atoms with E-state index < -0.39 is 0 Å². The SMILES string of the molecule is CC(C)CCNC(=O)/C=C/c1cc2ccccc2o1. The first-order valence-corrected chi connectivity index (χ1v) is 6.59. The largest absolute Gasteiger partial charge is 0.457 e. The summed E-state index contributed by atoms with van der Waals surface area (Å²) < 4.78 is 5.59. The summed E-state index contributed by atoms with van der Waals surface area (Å²) in [7, 11) is 0. The molecule has 2 aromatic rings. The molecule has 1 N–H and O–H groups in total. The smallest absolute Gasteiger partial charge is 0.244 e. The molecule has 1 amide bonds. The van der Waals surface area contributed by atoms with Crippen LogP contribution in [0.4, 0.5) is 0 Å². The van der Waals surface area contributed by atoms with E-state index in [1.807, 2.05) is 30.3 Å². The van der Waals surface area contributed by atoms with E-state index in [9.17, 15) is 4.79 Å². The van der Waals surface area contributed by atoms with Gasteiger partial charge in [-0.1, -0.05) is 32.0 Å². The monoisotopic (exact) mass is 257 g/mol. The molecule has 0 aliphatic carbocycles. The van der Waals surface area contributed by atoms with E-state index in [1.165, 1.54) is 6.08 Å². The standard InChI is InChI=1S/C16H19NO2/c1-12(2)9-10-17-16(18)8-7-14-11-13-5-3-4-6-15(13)19-14/h3-8,11-12H,9-10H2,1-2H3,(H,17,18)/b8-7+. The number of benzene rings is 1. The van der Waals surface area contributed by atoms with Crippen LogP contribution in [0, 0.1) is 5.92 Å². The second-order valence-electron chi connectivity index (χ2n) is 4.99. The molecular weight excluding hydrogens is 238 g/mol. The van der Waals surface area contributed by atoms with E-state index in [2.05, 4.69) is 19.2 Å². The summed E-state index contributed by atoms with van der Waals surface area (Å²) in [6, 6.07) is 9.71. The van der Waals surface area contributed by atoms with Crippen molar-refractivity contribution in [2.45, 2.75) is 20.3 Å². The first kappa shape index (κ1) is 13.4. The van der Waals surface area contributed by atoms with Gasteiger partial charge in [0.15, 0.2) is 0 Å². The molecule has 0 aliphatic heterocycles. The van der Waals surface area contributed by atoms with Gasteiger partial charge in [0.1, 0.15) is 11.3 Å². The Morgan fingerprint density at radius 3 is 2.89 bits per heavy atom. The second-order valence-corrected chi connectivity index (χ2v) is 4.99. The lowest BCUT2D eigenvalue weighted by Crippen LogP contribution is -2.22. The average Bonchev–Trinajstić information content (AvgIpc) is 2.78. The minimum absolute atomic E-state index is 0.0823. The number of carbonyl (C=O) groups is 1. The minimum atomic E-state index is -0.0823. The van der Waals surface area contributed by atoms with Crippen LogP contribution < -0.4 is 5.32 Å². The Morgan fingerprint density at radius 2 is 2.16 bits per heavy atom. The number of carbonyl (C=O) groups excluding carboxylic acids is 1. The maximum Gasteiger partial charge on any atom is 0.244 e. The molecule has 3 heteroatoms. The van der Waals surface area contributed by atoms with Gasteiger partial charge in [-0.15, -0.1) is 0 Å². The van der Waals surface area contributed by atoms with Crippen LogP contribution in [0.2, 0.25) is 0 Å². The Hall–Kier alpha value is -2.03. The predicted molar refractivity (Wildman–Crippen MR) is 77.7 cm³/mol. The fourth-order valence-electron chi connectivity index (χ4n) is 1.79. The summed E-state index contributed by atoms with van der Waals surface area (Å²) >= 11 is 0. The molecule has 0 atom stereocenters. The quantitative estimate of drug-likeness (QED) is 0.831. The maximum absolute atomic E-state index is 11.6. The van der Waals surface area contributed by atoms with Crippen molar-refractivity contribution in [2.24, 2.45) is 5.92 Å². The van der Waals surface area contributed by atoms with Gasteiger partial charge in [-0.3, -0.25) is 4.79 Å². The lowest BCUT2D eigenvalue weighted by Gasteiger charge is -2.04. The highest BCUT2D eigenvalue weighted by atomic mass is 16.3. The van der Waals surface area contributed by atoms with Crippen LogP contribution in [0.15, 0.2) is 40.8 Å². The van der Waals surface area contributed by atoms with E-state index in [0.717, 1.165) is 17.4 Å². The zero-order valence-electron chi connectivity index (χ0n) is 11.3. The number of nitrogens with one attached hydrogen (secondary N) is 1. The van der Waals surface area contributed by atoms with Crippen molar-refractivity contribution in [2.75, 3.05) is 6.54 Å². The molecule has 0 spiro atoms. The van der Waals surface area contributed by atoms with E-state index in [4.69, 9.17) is 4.42 Å².